The van der Waals surface area contributed by atoms with E-state index in [9.17, 15) is 5.11 Å². The number of phenolic OH excluding ortho intramolecular Hbond substituents is 1. The molecule has 1 aliphatic carbocycles. The first-order valence-corrected chi connectivity index (χ1v) is 5.52. The lowest BCUT2D eigenvalue weighted by atomic mass is 9.79. The highest BCUT2D eigenvalue weighted by molar-refractivity contribution is 6.30. The van der Waals surface area contributed by atoms with E-state index in [1.807, 2.05) is 26.0 Å². The summed E-state index contributed by atoms with van der Waals surface area (Å²) in [6.07, 6.45) is 2.07. The van der Waals surface area contributed by atoms with Crippen molar-refractivity contribution >= 4 is 11.6 Å². The van der Waals surface area contributed by atoms with Crippen LogP contribution < -0.4 is 5.73 Å². The standard InChI is InChI=1S/C12H16ClNO/c1-11(2,14)12(5-6-12)9-4-3-8(13)7-10(9)15/h3-4,7,15H,5-6,14H2,1-2H3. The van der Waals surface area contributed by atoms with Crippen molar-refractivity contribution in [1.29, 1.82) is 0 Å². The Morgan fingerprint density at radius 1 is 1.40 bits per heavy atom. The molecule has 1 aliphatic rings. The molecule has 2 nitrogen and oxygen atoms in total. The van der Waals surface area contributed by atoms with Crippen molar-refractivity contribution in [2.45, 2.75) is 37.6 Å². The number of phenols is 1. The van der Waals surface area contributed by atoms with Crippen LogP contribution in [-0.4, -0.2) is 10.6 Å². The zero-order chi connectivity index (χ0) is 11.3. The average molecular weight is 226 g/mol. The van der Waals surface area contributed by atoms with Crippen LogP contribution in [0.5, 0.6) is 5.75 Å². The van der Waals surface area contributed by atoms with Crippen molar-refractivity contribution in [2.75, 3.05) is 0 Å². The third kappa shape index (κ3) is 1.62. The number of nitrogens with two attached hydrogens (primary N) is 1. The normalized spacial score (nSPS) is 18.9. The molecule has 15 heavy (non-hydrogen) atoms. The Hall–Kier alpha value is -0.730. The van der Waals surface area contributed by atoms with E-state index in [-0.39, 0.29) is 16.7 Å². The van der Waals surface area contributed by atoms with Crippen LogP contribution in [0.2, 0.25) is 5.02 Å². The van der Waals surface area contributed by atoms with Gasteiger partial charge in [-0.1, -0.05) is 17.7 Å². The van der Waals surface area contributed by atoms with Crippen LogP contribution in [0.1, 0.15) is 32.3 Å². The van der Waals surface area contributed by atoms with Crippen molar-refractivity contribution in [3.8, 4) is 5.75 Å². The highest BCUT2D eigenvalue weighted by Gasteiger charge is 2.54. The van der Waals surface area contributed by atoms with Crippen molar-refractivity contribution in [2.24, 2.45) is 5.73 Å². The van der Waals surface area contributed by atoms with Gasteiger partial charge in [0.2, 0.25) is 0 Å². The molecular weight excluding hydrogens is 210 g/mol. The molecule has 0 atom stereocenters. The molecule has 0 radical (unpaired) electrons. The summed E-state index contributed by atoms with van der Waals surface area (Å²) < 4.78 is 0. The van der Waals surface area contributed by atoms with Crippen molar-refractivity contribution in [3.05, 3.63) is 28.8 Å². The summed E-state index contributed by atoms with van der Waals surface area (Å²) in [5.41, 5.74) is 6.73. The number of hydrogen-bond acceptors (Lipinski definition) is 2. The van der Waals surface area contributed by atoms with Crippen LogP contribution in [0, 0.1) is 0 Å². The second-order valence-corrected chi connectivity index (χ2v) is 5.40. The van der Waals surface area contributed by atoms with E-state index >= 15 is 0 Å². The molecule has 1 aromatic carbocycles. The summed E-state index contributed by atoms with van der Waals surface area (Å²) in [5, 5.41) is 10.4. The molecule has 3 N–H and O–H groups in total. The van der Waals surface area contributed by atoms with Crippen LogP contribution in [-0.2, 0) is 5.41 Å². The van der Waals surface area contributed by atoms with Gasteiger partial charge in [-0.3, -0.25) is 0 Å². The lowest BCUT2D eigenvalue weighted by Gasteiger charge is -2.31. The summed E-state index contributed by atoms with van der Waals surface area (Å²) in [4.78, 5) is 0. The fourth-order valence-electron chi connectivity index (χ4n) is 2.30. The predicted octanol–water partition coefficient (Wildman–Crippen LogP) is 2.81. The molecule has 0 unspecified atom stereocenters. The van der Waals surface area contributed by atoms with Gasteiger partial charge in [0.05, 0.1) is 0 Å². The van der Waals surface area contributed by atoms with Crippen LogP contribution in [0.25, 0.3) is 0 Å². The van der Waals surface area contributed by atoms with Gasteiger partial charge in [-0.05, 0) is 38.8 Å². The van der Waals surface area contributed by atoms with E-state index in [4.69, 9.17) is 17.3 Å². The molecule has 0 aromatic heterocycles. The number of halogens is 1. The van der Waals surface area contributed by atoms with Crippen LogP contribution >= 0.6 is 11.6 Å². The van der Waals surface area contributed by atoms with Crippen molar-refractivity contribution in [1.82, 2.24) is 0 Å². The van der Waals surface area contributed by atoms with Crippen molar-refractivity contribution in [3.63, 3.8) is 0 Å². The summed E-state index contributed by atoms with van der Waals surface area (Å²) in [5.74, 6) is 0.263. The Labute approximate surface area is 95.1 Å². The number of aromatic hydroxyl groups is 1. The summed E-state index contributed by atoms with van der Waals surface area (Å²) in [6, 6.07) is 5.28. The van der Waals surface area contributed by atoms with E-state index in [1.165, 1.54) is 0 Å². The minimum absolute atomic E-state index is 0.0678. The van der Waals surface area contributed by atoms with E-state index in [1.54, 1.807) is 6.07 Å². The first-order chi connectivity index (χ1) is 6.87. The maximum atomic E-state index is 9.89. The number of hydrogen-bond donors (Lipinski definition) is 2. The fourth-order valence-corrected chi connectivity index (χ4v) is 2.46. The van der Waals surface area contributed by atoms with Gasteiger partial charge in [0.15, 0.2) is 0 Å². The second-order valence-electron chi connectivity index (χ2n) is 4.97. The largest absolute Gasteiger partial charge is 0.508 e. The third-order valence-electron chi connectivity index (χ3n) is 3.46. The smallest absolute Gasteiger partial charge is 0.120 e. The zero-order valence-electron chi connectivity index (χ0n) is 9.05. The fraction of sp³-hybridized carbons (Fsp3) is 0.500. The van der Waals surface area contributed by atoms with Crippen molar-refractivity contribution < 1.29 is 5.11 Å². The topological polar surface area (TPSA) is 46.2 Å². The van der Waals surface area contributed by atoms with E-state index in [0.717, 1.165) is 18.4 Å². The molecule has 0 amide bonds. The van der Waals surface area contributed by atoms with E-state index in [0.29, 0.717) is 5.02 Å². The Balaban J connectivity index is 2.47. The molecule has 1 saturated carbocycles. The Morgan fingerprint density at radius 3 is 2.40 bits per heavy atom. The third-order valence-corrected chi connectivity index (χ3v) is 3.69. The minimum atomic E-state index is -0.307. The molecule has 0 spiro atoms. The summed E-state index contributed by atoms with van der Waals surface area (Å²) in [6.45, 7) is 4.02. The molecular formula is C12H16ClNO. The lowest BCUT2D eigenvalue weighted by molar-refractivity contribution is 0.372. The monoisotopic (exact) mass is 225 g/mol. The van der Waals surface area contributed by atoms with E-state index in [2.05, 4.69) is 0 Å². The Kier molecular flexibility index (Phi) is 2.25. The molecule has 1 aromatic rings. The van der Waals surface area contributed by atoms with Gasteiger partial charge in [-0.15, -0.1) is 0 Å². The molecule has 3 heteroatoms. The van der Waals surface area contributed by atoms with Gasteiger partial charge < -0.3 is 10.8 Å². The van der Waals surface area contributed by atoms with Gasteiger partial charge in [0.1, 0.15) is 5.75 Å². The molecule has 0 heterocycles. The molecule has 0 saturated heterocycles. The highest BCUT2D eigenvalue weighted by atomic mass is 35.5. The zero-order valence-corrected chi connectivity index (χ0v) is 9.80. The second kappa shape index (κ2) is 3.13. The minimum Gasteiger partial charge on any atom is -0.508 e. The van der Waals surface area contributed by atoms with Gasteiger partial charge in [-0.2, -0.15) is 0 Å². The molecule has 2 rings (SSSR count). The number of rotatable bonds is 2. The Bertz CT molecular complexity index is 391. The molecule has 0 bridgehead atoms. The quantitative estimate of drug-likeness (QED) is 0.813. The highest BCUT2D eigenvalue weighted by Crippen LogP contribution is 2.57. The van der Waals surface area contributed by atoms with Crippen LogP contribution in [0.15, 0.2) is 18.2 Å². The lowest BCUT2D eigenvalue weighted by Crippen LogP contribution is -2.45. The van der Waals surface area contributed by atoms with Gasteiger partial charge >= 0.3 is 0 Å². The molecule has 1 fully saturated rings. The summed E-state index contributed by atoms with van der Waals surface area (Å²) >= 11 is 5.81. The van der Waals surface area contributed by atoms with Crippen LogP contribution in [0.3, 0.4) is 0 Å². The first-order valence-electron chi connectivity index (χ1n) is 5.15. The Morgan fingerprint density at radius 2 is 2.00 bits per heavy atom. The van der Waals surface area contributed by atoms with Gasteiger partial charge in [0, 0.05) is 21.5 Å². The molecule has 0 aliphatic heterocycles. The van der Waals surface area contributed by atoms with Gasteiger partial charge in [0.25, 0.3) is 0 Å². The van der Waals surface area contributed by atoms with E-state index < -0.39 is 0 Å². The maximum Gasteiger partial charge on any atom is 0.120 e. The van der Waals surface area contributed by atoms with Gasteiger partial charge in [-0.25, -0.2) is 0 Å². The predicted molar refractivity (Wildman–Crippen MR) is 62.3 cm³/mol. The average Bonchev–Trinajstić information content (AvgIpc) is 2.83. The summed E-state index contributed by atoms with van der Waals surface area (Å²) in [7, 11) is 0. The first kappa shape index (κ1) is 10.8. The van der Waals surface area contributed by atoms with Crippen LogP contribution in [0.4, 0.5) is 0 Å². The SMILES string of the molecule is CC(C)(N)C1(c2ccc(Cl)cc2O)CC1. The molecule has 82 valence electrons. The maximum absolute atomic E-state index is 9.89. The number of benzene rings is 1.